The first-order valence-electron chi connectivity index (χ1n) is 5.55. The fourth-order valence-electron chi connectivity index (χ4n) is 1.82. The topological polar surface area (TPSA) is 58.6 Å². The molecule has 1 unspecified atom stereocenters. The molecular formula is C12H14ClNO3. The monoisotopic (exact) mass is 255 g/mol. The van der Waals surface area contributed by atoms with Gasteiger partial charge in [0.15, 0.2) is 0 Å². The predicted octanol–water partition coefficient (Wildman–Crippen LogP) is 2.63. The first-order chi connectivity index (χ1) is 8.16. The molecule has 0 bridgehead atoms. The van der Waals surface area contributed by atoms with Crippen LogP contribution in [0.5, 0.6) is 0 Å². The Bertz CT molecular complexity index is 416. The summed E-state index contributed by atoms with van der Waals surface area (Å²) >= 11 is 5.99. The lowest BCUT2D eigenvalue weighted by Gasteiger charge is -2.13. The van der Waals surface area contributed by atoms with Crippen LogP contribution >= 0.6 is 11.6 Å². The molecule has 0 amide bonds. The number of nitrogens with one attached hydrogen (secondary N) is 1. The predicted molar refractivity (Wildman–Crippen MR) is 65.9 cm³/mol. The Balaban J connectivity index is 1.98. The zero-order valence-electron chi connectivity index (χ0n) is 9.28. The third-order valence-electron chi connectivity index (χ3n) is 2.76. The van der Waals surface area contributed by atoms with Crippen LogP contribution in [0.4, 0.5) is 5.69 Å². The maximum Gasteiger partial charge on any atom is 0.335 e. The number of aromatic carboxylic acids is 1. The van der Waals surface area contributed by atoms with Crippen molar-refractivity contribution >= 4 is 23.3 Å². The number of carbonyl (C=O) groups is 1. The average Bonchev–Trinajstić information content (AvgIpc) is 2.80. The van der Waals surface area contributed by atoms with Crippen molar-refractivity contribution in [2.24, 2.45) is 0 Å². The summed E-state index contributed by atoms with van der Waals surface area (Å²) in [6, 6.07) is 4.66. The Morgan fingerprint density at radius 1 is 1.59 bits per heavy atom. The Morgan fingerprint density at radius 2 is 2.41 bits per heavy atom. The molecule has 1 aromatic carbocycles. The van der Waals surface area contributed by atoms with Crippen molar-refractivity contribution in [2.45, 2.75) is 18.9 Å². The number of halogens is 1. The van der Waals surface area contributed by atoms with E-state index in [1.54, 1.807) is 6.07 Å². The minimum atomic E-state index is -0.974. The smallest absolute Gasteiger partial charge is 0.335 e. The number of rotatable bonds is 4. The van der Waals surface area contributed by atoms with E-state index in [-0.39, 0.29) is 11.7 Å². The number of carboxylic acid groups (broad SMARTS) is 1. The molecule has 2 rings (SSSR count). The highest BCUT2D eigenvalue weighted by molar-refractivity contribution is 6.33. The van der Waals surface area contributed by atoms with Crippen molar-refractivity contribution in [1.29, 1.82) is 0 Å². The van der Waals surface area contributed by atoms with Gasteiger partial charge in [0.2, 0.25) is 0 Å². The first-order valence-corrected chi connectivity index (χ1v) is 5.93. The summed E-state index contributed by atoms with van der Waals surface area (Å²) in [5.74, 6) is -0.974. The third kappa shape index (κ3) is 3.11. The van der Waals surface area contributed by atoms with Gasteiger partial charge in [-0.05, 0) is 31.0 Å². The summed E-state index contributed by atoms with van der Waals surface area (Å²) in [7, 11) is 0. The van der Waals surface area contributed by atoms with Gasteiger partial charge in [0, 0.05) is 13.2 Å². The zero-order chi connectivity index (χ0) is 12.3. The molecule has 1 aliphatic rings. The van der Waals surface area contributed by atoms with Gasteiger partial charge in [0.25, 0.3) is 0 Å². The standard InChI is InChI=1S/C12H14ClNO3/c13-10-6-8(12(15)16)3-4-11(10)14-7-9-2-1-5-17-9/h3-4,6,9,14H,1-2,5,7H2,(H,15,16). The van der Waals surface area contributed by atoms with Gasteiger partial charge < -0.3 is 15.2 Å². The molecular weight excluding hydrogens is 242 g/mol. The number of hydrogen-bond acceptors (Lipinski definition) is 3. The van der Waals surface area contributed by atoms with Crippen LogP contribution in [0.25, 0.3) is 0 Å². The lowest BCUT2D eigenvalue weighted by atomic mass is 10.2. The molecule has 0 saturated carbocycles. The van der Waals surface area contributed by atoms with E-state index < -0.39 is 5.97 Å². The molecule has 1 aliphatic heterocycles. The average molecular weight is 256 g/mol. The molecule has 92 valence electrons. The summed E-state index contributed by atoms with van der Waals surface area (Å²) < 4.78 is 5.48. The summed E-state index contributed by atoms with van der Waals surface area (Å²) in [5.41, 5.74) is 0.935. The molecule has 2 N–H and O–H groups in total. The van der Waals surface area contributed by atoms with E-state index in [0.717, 1.165) is 25.1 Å². The molecule has 1 fully saturated rings. The van der Waals surface area contributed by atoms with Gasteiger partial charge in [-0.15, -0.1) is 0 Å². The molecule has 1 aromatic rings. The molecule has 17 heavy (non-hydrogen) atoms. The minimum Gasteiger partial charge on any atom is -0.478 e. The fourth-order valence-corrected chi connectivity index (χ4v) is 2.07. The van der Waals surface area contributed by atoms with Crippen LogP contribution in [-0.2, 0) is 4.74 Å². The normalized spacial score (nSPS) is 19.2. The van der Waals surface area contributed by atoms with Crippen LogP contribution in [0.1, 0.15) is 23.2 Å². The van der Waals surface area contributed by atoms with Gasteiger partial charge in [-0.25, -0.2) is 4.79 Å². The van der Waals surface area contributed by atoms with Crippen LogP contribution in [0, 0.1) is 0 Å². The molecule has 1 heterocycles. The van der Waals surface area contributed by atoms with Crippen molar-refractivity contribution in [3.8, 4) is 0 Å². The van der Waals surface area contributed by atoms with Gasteiger partial charge >= 0.3 is 5.97 Å². The van der Waals surface area contributed by atoms with E-state index in [2.05, 4.69) is 5.32 Å². The number of benzene rings is 1. The summed E-state index contributed by atoms with van der Waals surface area (Å²) in [6.07, 6.45) is 2.38. The zero-order valence-corrected chi connectivity index (χ0v) is 10.0. The van der Waals surface area contributed by atoms with Crippen LogP contribution in [-0.4, -0.2) is 30.3 Å². The van der Waals surface area contributed by atoms with Crippen molar-refractivity contribution in [3.05, 3.63) is 28.8 Å². The molecule has 4 nitrogen and oxygen atoms in total. The molecule has 0 radical (unpaired) electrons. The van der Waals surface area contributed by atoms with E-state index in [0.29, 0.717) is 11.6 Å². The molecule has 0 aromatic heterocycles. The second-order valence-corrected chi connectivity index (χ2v) is 4.42. The highest BCUT2D eigenvalue weighted by Gasteiger charge is 2.15. The summed E-state index contributed by atoms with van der Waals surface area (Å²) in [6.45, 7) is 1.52. The van der Waals surface area contributed by atoms with Gasteiger partial charge in [-0.3, -0.25) is 0 Å². The number of carboxylic acids is 1. The first kappa shape index (κ1) is 12.2. The minimum absolute atomic E-state index is 0.192. The van der Waals surface area contributed by atoms with Crippen molar-refractivity contribution in [3.63, 3.8) is 0 Å². The lowest BCUT2D eigenvalue weighted by molar-refractivity contribution is 0.0697. The number of ether oxygens (including phenoxy) is 1. The van der Waals surface area contributed by atoms with Gasteiger partial charge in [0.1, 0.15) is 0 Å². The van der Waals surface area contributed by atoms with Crippen LogP contribution in [0.3, 0.4) is 0 Å². The molecule has 1 atom stereocenters. The summed E-state index contributed by atoms with van der Waals surface area (Å²) in [5, 5.41) is 12.4. The molecule has 1 saturated heterocycles. The van der Waals surface area contributed by atoms with Crippen molar-refractivity contribution < 1.29 is 14.6 Å². The van der Waals surface area contributed by atoms with E-state index in [9.17, 15) is 4.79 Å². The van der Waals surface area contributed by atoms with Crippen LogP contribution in [0.15, 0.2) is 18.2 Å². The lowest BCUT2D eigenvalue weighted by Crippen LogP contribution is -2.18. The van der Waals surface area contributed by atoms with Crippen molar-refractivity contribution in [1.82, 2.24) is 0 Å². The maximum atomic E-state index is 10.7. The highest BCUT2D eigenvalue weighted by atomic mass is 35.5. The van der Waals surface area contributed by atoms with Crippen LogP contribution in [0.2, 0.25) is 5.02 Å². The Kier molecular flexibility index (Phi) is 3.86. The largest absolute Gasteiger partial charge is 0.478 e. The van der Waals surface area contributed by atoms with Gasteiger partial charge in [-0.1, -0.05) is 11.6 Å². The van der Waals surface area contributed by atoms with E-state index in [4.69, 9.17) is 21.4 Å². The Labute approximate surface area is 105 Å². The van der Waals surface area contributed by atoms with Crippen molar-refractivity contribution in [2.75, 3.05) is 18.5 Å². The maximum absolute atomic E-state index is 10.7. The second-order valence-electron chi connectivity index (χ2n) is 4.02. The van der Waals surface area contributed by atoms with E-state index in [1.807, 2.05) is 0 Å². The third-order valence-corrected chi connectivity index (χ3v) is 3.07. The van der Waals surface area contributed by atoms with E-state index >= 15 is 0 Å². The number of anilines is 1. The fraction of sp³-hybridized carbons (Fsp3) is 0.417. The van der Waals surface area contributed by atoms with Gasteiger partial charge in [0.05, 0.1) is 22.4 Å². The van der Waals surface area contributed by atoms with Gasteiger partial charge in [-0.2, -0.15) is 0 Å². The molecule has 0 spiro atoms. The summed E-state index contributed by atoms with van der Waals surface area (Å²) in [4.78, 5) is 10.7. The molecule has 5 heteroatoms. The quantitative estimate of drug-likeness (QED) is 0.868. The molecule has 0 aliphatic carbocycles. The van der Waals surface area contributed by atoms with Crippen LogP contribution < -0.4 is 5.32 Å². The highest BCUT2D eigenvalue weighted by Crippen LogP contribution is 2.24. The Hall–Kier alpha value is -1.26. The SMILES string of the molecule is O=C(O)c1ccc(NCC2CCCO2)c(Cl)c1. The Morgan fingerprint density at radius 3 is 3.00 bits per heavy atom. The van der Waals surface area contributed by atoms with E-state index in [1.165, 1.54) is 12.1 Å². The number of hydrogen-bond donors (Lipinski definition) is 2. The second kappa shape index (κ2) is 5.38.